The van der Waals surface area contributed by atoms with E-state index in [2.05, 4.69) is 10.9 Å². The molecule has 5 nitrogen and oxygen atoms in total. The Labute approximate surface area is 172 Å². The van der Waals surface area contributed by atoms with Crippen molar-refractivity contribution in [3.05, 3.63) is 59.4 Å². The summed E-state index contributed by atoms with van der Waals surface area (Å²) in [6, 6.07) is 13.3. The monoisotopic (exact) mass is 390 g/mol. The molecule has 4 rings (SSSR count). The second-order valence-corrected chi connectivity index (χ2v) is 7.70. The maximum atomic E-state index is 12.7. The van der Waals surface area contributed by atoms with E-state index in [1.165, 1.54) is 12.8 Å². The van der Waals surface area contributed by atoms with Crippen molar-refractivity contribution >= 4 is 17.3 Å². The fourth-order valence-corrected chi connectivity index (χ4v) is 4.24. The third-order valence-corrected chi connectivity index (χ3v) is 5.73. The fourth-order valence-electron chi connectivity index (χ4n) is 4.24. The molecule has 2 fully saturated rings. The smallest absolute Gasteiger partial charge is 0.227 e. The molecule has 5 heteroatoms. The molecule has 1 saturated carbocycles. The number of amides is 1. The zero-order valence-electron chi connectivity index (χ0n) is 16.8. The van der Waals surface area contributed by atoms with Gasteiger partial charge in [-0.2, -0.15) is 0 Å². The number of anilines is 1. The van der Waals surface area contributed by atoms with E-state index in [1.54, 1.807) is 17.0 Å². The van der Waals surface area contributed by atoms with E-state index in [4.69, 9.17) is 16.0 Å². The van der Waals surface area contributed by atoms with Crippen molar-refractivity contribution in [2.75, 3.05) is 18.1 Å². The van der Waals surface area contributed by atoms with Crippen LogP contribution in [0.4, 0.5) is 11.4 Å². The van der Waals surface area contributed by atoms with Crippen molar-refractivity contribution in [1.29, 1.82) is 0 Å². The van der Waals surface area contributed by atoms with Crippen LogP contribution in [0.25, 0.3) is 4.85 Å². The van der Waals surface area contributed by atoms with Gasteiger partial charge in [0.1, 0.15) is 0 Å². The summed E-state index contributed by atoms with van der Waals surface area (Å²) in [7, 11) is 0. The summed E-state index contributed by atoms with van der Waals surface area (Å²) in [6.45, 7) is 10.4. The average Bonchev–Trinajstić information content (AvgIpc) is 3.39. The van der Waals surface area contributed by atoms with Crippen LogP contribution >= 0.6 is 0 Å². The summed E-state index contributed by atoms with van der Waals surface area (Å²) in [5, 5.41) is 0. The van der Waals surface area contributed by atoms with Crippen LogP contribution in [0.1, 0.15) is 50.5 Å². The van der Waals surface area contributed by atoms with E-state index in [9.17, 15) is 4.79 Å². The van der Waals surface area contributed by atoms with Gasteiger partial charge in [-0.25, -0.2) is 4.85 Å². The van der Waals surface area contributed by atoms with Gasteiger partial charge in [0.05, 0.1) is 19.3 Å². The number of benzene rings is 2. The molecule has 1 atom stereocenters. The van der Waals surface area contributed by atoms with Crippen molar-refractivity contribution in [2.45, 2.75) is 51.0 Å². The molecule has 2 aromatic rings. The minimum Gasteiger partial charge on any atom is -0.490 e. The zero-order valence-corrected chi connectivity index (χ0v) is 16.8. The summed E-state index contributed by atoms with van der Waals surface area (Å²) >= 11 is 0. The molecule has 29 heavy (non-hydrogen) atoms. The van der Waals surface area contributed by atoms with Gasteiger partial charge in [0.2, 0.25) is 5.91 Å². The first-order chi connectivity index (χ1) is 14.2. The van der Waals surface area contributed by atoms with Gasteiger partial charge in [-0.1, -0.05) is 18.2 Å². The maximum Gasteiger partial charge on any atom is 0.227 e. The lowest BCUT2D eigenvalue weighted by atomic mass is 9.98. The van der Waals surface area contributed by atoms with E-state index < -0.39 is 0 Å². The van der Waals surface area contributed by atoms with Crippen molar-refractivity contribution in [1.82, 2.24) is 0 Å². The standard InChI is InChI=1S/C24H26N2O3/c1-3-28-22-12-11-17(13-23(22)29-21-9-4-5-10-21)18-14-24(27)26(16-18)20-8-6-7-19(15-20)25-2/h6-8,11-13,15,18,21H,3-5,9-10,14,16H2,1H3/t18-/m1/s1. The summed E-state index contributed by atoms with van der Waals surface area (Å²) in [5.74, 6) is 1.75. The maximum absolute atomic E-state index is 12.7. The number of carbonyl (C=O) groups excluding carboxylic acids is 1. The molecule has 0 aromatic heterocycles. The van der Waals surface area contributed by atoms with Crippen LogP contribution in [0.5, 0.6) is 11.5 Å². The third kappa shape index (κ3) is 4.22. The van der Waals surface area contributed by atoms with Crippen molar-refractivity contribution < 1.29 is 14.3 Å². The fraction of sp³-hybridized carbons (Fsp3) is 0.417. The van der Waals surface area contributed by atoms with Crippen LogP contribution in [-0.4, -0.2) is 25.2 Å². The van der Waals surface area contributed by atoms with Crippen LogP contribution < -0.4 is 14.4 Å². The number of hydrogen-bond acceptors (Lipinski definition) is 3. The molecule has 1 saturated heterocycles. The normalized spacial score (nSPS) is 19.4. The Kier molecular flexibility index (Phi) is 5.71. The van der Waals surface area contributed by atoms with Gasteiger partial charge >= 0.3 is 0 Å². The molecular formula is C24H26N2O3. The number of rotatable bonds is 6. The number of nitrogens with zero attached hydrogens (tertiary/aromatic N) is 2. The molecule has 150 valence electrons. The second kappa shape index (κ2) is 8.57. The first kappa shape index (κ1) is 19.3. The summed E-state index contributed by atoms with van der Waals surface area (Å²) in [6.07, 6.45) is 5.31. The molecule has 2 aliphatic rings. The van der Waals surface area contributed by atoms with Crippen molar-refractivity contribution in [3.8, 4) is 11.5 Å². The highest BCUT2D eigenvalue weighted by molar-refractivity contribution is 5.97. The first-order valence-corrected chi connectivity index (χ1v) is 10.4. The van der Waals surface area contributed by atoms with Crippen LogP contribution in [0.2, 0.25) is 0 Å². The highest BCUT2D eigenvalue weighted by atomic mass is 16.5. The molecule has 1 aliphatic heterocycles. The predicted octanol–water partition coefficient (Wildman–Crippen LogP) is 5.48. The van der Waals surface area contributed by atoms with Gasteiger partial charge in [-0.15, -0.1) is 0 Å². The van der Waals surface area contributed by atoms with E-state index in [1.807, 2.05) is 31.2 Å². The molecule has 2 aromatic carbocycles. The lowest BCUT2D eigenvalue weighted by Gasteiger charge is -2.20. The Morgan fingerprint density at radius 2 is 1.97 bits per heavy atom. The average molecular weight is 390 g/mol. The third-order valence-electron chi connectivity index (χ3n) is 5.73. The summed E-state index contributed by atoms with van der Waals surface area (Å²) in [4.78, 5) is 17.9. The number of hydrogen-bond donors (Lipinski definition) is 0. The molecule has 0 radical (unpaired) electrons. The van der Waals surface area contributed by atoms with Crippen LogP contribution in [0.15, 0.2) is 42.5 Å². The van der Waals surface area contributed by atoms with Crippen molar-refractivity contribution in [2.24, 2.45) is 0 Å². The first-order valence-electron chi connectivity index (χ1n) is 10.4. The lowest BCUT2D eigenvalue weighted by molar-refractivity contribution is -0.117. The molecule has 1 amide bonds. The van der Waals surface area contributed by atoms with Crippen LogP contribution in [-0.2, 0) is 4.79 Å². The van der Waals surface area contributed by atoms with Crippen LogP contribution in [0.3, 0.4) is 0 Å². The molecule has 0 unspecified atom stereocenters. The Morgan fingerprint density at radius 3 is 2.72 bits per heavy atom. The van der Waals surface area contributed by atoms with Gasteiger partial charge < -0.3 is 14.4 Å². The van der Waals surface area contributed by atoms with E-state index in [0.717, 1.165) is 35.6 Å². The molecular weight excluding hydrogens is 364 g/mol. The van der Waals surface area contributed by atoms with Gasteiger partial charge in [0, 0.05) is 24.6 Å². The van der Waals surface area contributed by atoms with Crippen LogP contribution in [0, 0.1) is 6.57 Å². The topological polar surface area (TPSA) is 43.1 Å². The van der Waals surface area contributed by atoms with E-state index >= 15 is 0 Å². The molecule has 0 spiro atoms. The molecule has 0 bridgehead atoms. The Bertz CT molecular complexity index is 928. The number of ether oxygens (including phenoxy) is 2. The SMILES string of the molecule is [C-]#[N+]c1cccc(N2C[C@H](c3ccc(OCC)c(OC4CCCC4)c3)CC2=O)c1. The quantitative estimate of drug-likeness (QED) is 0.614. The summed E-state index contributed by atoms with van der Waals surface area (Å²) < 4.78 is 12.0. The highest BCUT2D eigenvalue weighted by Crippen LogP contribution is 2.38. The highest BCUT2D eigenvalue weighted by Gasteiger charge is 2.32. The van der Waals surface area contributed by atoms with Gasteiger partial charge in [0.15, 0.2) is 17.2 Å². The molecule has 0 N–H and O–H groups in total. The zero-order chi connectivity index (χ0) is 20.2. The van der Waals surface area contributed by atoms with Gasteiger partial charge in [0.25, 0.3) is 0 Å². The number of carbonyl (C=O) groups is 1. The van der Waals surface area contributed by atoms with E-state index in [0.29, 0.717) is 25.3 Å². The molecule has 1 heterocycles. The Hall–Kier alpha value is -3.00. The summed E-state index contributed by atoms with van der Waals surface area (Å²) in [5.41, 5.74) is 2.44. The second-order valence-electron chi connectivity index (χ2n) is 7.70. The van der Waals surface area contributed by atoms with Crippen molar-refractivity contribution in [3.63, 3.8) is 0 Å². The Morgan fingerprint density at radius 1 is 1.14 bits per heavy atom. The Balaban J connectivity index is 1.56. The van der Waals surface area contributed by atoms with E-state index in [-0.39, 0.29) is 17.9 Å². The minimum atomic E-state index is 0.0873. The molecule has 1 aliphatic carbocycles. The lowest BCUT2D eigenvalue weighted by Crippen LogP contribution is -2.24. The van der Waals surface area contributed by atoms with Gasteiger partial charge in [-0.3, -0.25) is 4.79 Å². The minimum absolute atomic E-state index is 0.0873. The predicted molar refractivity (Wildman–Crippen MR) is 113 cm³/mol. The largest absolute Gasteiger partial charge is 0.490 e. The van der Waals surface area contributed by atoms with Gasteiger partial charge in [-0.05, 0) is 62.4 Å².